The molecule has 7 nitrogen and oxygen atoms in total. The zero-order valence-corrected chi connectivity index (χ0v) is 18.7. The molecular formula is C26H26N2O5. The summed E-state index contributed by atoms with van der Waals surface area (Å²) in [7, 11) is 2.97. The first kappa shape index (κ1) is 22.3. The summed E-state index contributed by atoms with van der Waals surface area (Å²) in [5.74, 6) is 1.11. The summed E-state index contributed by atoms with van der Waals surface area (Å²) in [6.45, 7) is 0.424. The van der Waals surface area contributed by atoms with Crippen molar-refractivity contribution in [1.82, 2.24) is 10.3 Å². The van der Waals surface area contributed by atoms with Crippen LogP contribution in [0.4, 0.5) is 0 Å². The average Bonchev–Trinajstić information content (AvgIpc) is 3.29. The summed E-state index contributed by atoms with van der Waals surface area (Å²) in [5, 5.41) is 2.98. The van der Waals surface area contributed by atoms with E-state index in [4.69, 9.17) is 14.2 Å². The lowest BCUT2D eigenvalue weighted by molar-refractivity contribution is -0.121. The van der Waals surface area contributed by atoms with Crippen molar-refractivity contribution >= 4 is 11.9 Å². The number of ether oxygens (including phenoxy) is 3. The molecule has 0 unspecified atom stereocenters. The Labute approximate surface area is 192 Å². The molecule has 1 aromatic heterocycles. The van der Waals surface area contributed by atoms with Crippen molar-refractivity contribution in [2.45, 2.75) is 25.4 Å². The van der Waals surface area contributed by atoms with Crippen LogP contribution in [0, 0.1) is 0 Å². The number of hydrogen-bond acceptors (Lipinski definition) is 6. The maximum absolute atomic E-state index is 12.4. The predicted molar refractivity (Wildman–Crippen MR) is 123 cm³/mol. The van der Waals surface area contributed by atoms with Crippen molar-refractivity contribution in [2.75, 3.05) is 20.8 Å². The van der Waals surface area contributed by atoms with Gasteiger partial charge in [0.1, 0.15) is 17.6 Å². The van der Waals surface area contributed by atoms with E-state index in [9.17, 15) is 9.59 Å². The highest BCUT2D eigenvalue weighted by molar-refractivity contribution is 5.89. The SMILES string of the molecule is COC(=O)c1ccc(-c2cccc3c2O[C@H](CNC(=O)CCc2ccccc2OC)C3)nc1. The van der Waals surface area contributed by atoms with E-state index in [1.54, 1.807) is 19.2 Å². The number of carbonyl (C=O) groups is 2. The Morgan fingerprint density at radius 3 is 2.70 bits per heavy atom. The molecule has 1 N–H and O–H groups in total. The van der Waals surface area contributed by atoms with E-state index in [1.165, 1.54) is 13.3 Å². The number of nitrogens with zero attached hydrogens (tertiary/aromatic N) is 1. The van der Waals surface area contributed by atoms with E-state index in [1.807, 2.05) is 42.5 Å². The summed E-state index contributed by atoms with van der Waals surface area (Å²) in [6.07, 6.45) is 3.04. The lowest BCUT2D eigenvalue weighted by Crippen LogP contribution is -2.34. The van der Waals surface area contributed by atoms with Crippen LogP contribution in [0.1, 0.15) is 27.9 Å². The Hall–Kier alpha value is -3.87. The molecule has 0 spiro atoms. The number of rotatable bonds is 8. The summed E-state index contributed by atoms with van der Waals surface area (Å²) < 4.78 is 16.2. The normalized spacial score (nSPS) is 14.2. The molecule has 0 bridgehead atoms. The largest absolute Gasteiger partial charge is 0.496 e. The first-order valence-electron chi connectivity index (χ1n) is 10.8. The molecule has 1 atom stereocenters. The van der Waals surface area contributed by atoms with Gasteiger partial charge in [0.2, 0.25) is 5.91 Å². The van der Waals surface area contributed by atoms with E-state index >= 15 is 0 Å². The maximum atomic E-state index is 12.4. The molecule has 0 saturated heterocycles. The van der Waals surface area contributed by atoms with Crippen molar-refractivity contribution in [3.05, 3.63) is 77.5 Å². The van der Waals surface area contributed by atoms with Crippen LogP contribution in [0.2, 0.25) is 0 Å². The second-order valence-electron chi connectivity index (χ2n) is 7.78. The van der Waals surface area contributed by atoms with Crippen LogP contribution in [-0.2, 0) is 22.4 Å². The van der Waals surface area contributed by atoms with Gasteiger partial charge in [0, 0.05) is 24.6 Å². The monoisotopic (exact) mass is 446 g/mol. The molecule has 2 aromatic carbocycles. The molecule has 0 saturated carbocycles. The smallest absolute Gasteiger partial charge is 0.339 e. The highest BCUT2D eigenvalue weighted by atomic mass is 16.5. The Morgan fingerprint density at radius 2 is 1.94 bits per heavy atom. The second-order valence-corrected chi connectivity index (χ2v) is 7.78. The number of aromatic nitrogens is 1. The highest BCUT2D eigenvalue weighted by Gasteiger charge is 2.26. The molecule has 7 heteroatoms. The minimum atomic E-state index is -0.426. The second kappa shape index (κ2) is 10.2. The van der Waals surface area contributed by atoms with E-state index in [0.717, 1.165) is 28.2 Å². The molecule has 1 amide bonds. The number of esters is 1. The van der Waals surface area contributed by atoms with Crippen LogP contribution in [0.25, 0.3) is 11.3 Å². The molecule has 0 aliphatic carbocycles. The molecule has 0 radical (unpaired) electrons. The third kappa shape index (κ3) is 5.14. The van der Waals surface area contributed by atoms with E-state index in [0.29, 0.717) is 37.1 Å². The fraction of sp³-hybridized carbons (Fsp3) is 0.269. The Balaban J connectivity index is 1.35. The van der Waals surface area contributed by atoms with Crippen LogP contribution in [-0.4, -0.2) is 43.7 Å². The zero-order valence-electron chi connectivity index (χ0n) is 18.7. The van der Waals surface area contributed by atoms with Crippen LogP contribution < -0.4 is 14.8 Å². The van der Waals surface area contributed by atoms with Gasteiger partial charge in [0.15, 0.2) is 0 Å². The quantitative estimate of drug-likeness (QED) is 0.532. The topological polar surface area (TPSA) is 86.8 Å². The number of carbonyl (C=O) groups excluding carboxylic acids is 2. The molecule has 1 aliphatic rings. The lowest BCUT2D eigenvalue weighted by atomic mass is 10.0. The number of benzene rings is 2. The molecule has 0 fully saturated rings. The highest BCUT2D eigenvalue weighted by Crippen LogP contribution is 2.38. The third-order valence-electron chi connectivity index (χ3n) is 5.63. The first-order valence-corrected chi connectivity index (χ1v) is 10.8. The van der Waals surface area contributed by atoms with Gasteiger partial charge in [-0.05, 0) is 41.8 Å². The number of para-hydroxylation sites is 2. The first-order chi connectivity index (χ1) is 16.1. The number of fused-ring (bicyclic) bond motifs is 1. The Morgan fingerprint density at radius 1 is 1.09 bits per heavy atom. The van der Waals surface area contributed by atoms with Crippen molar-refractivity contribution in [2.24, 2.45) is 0 Å². The van der Waals surface area contributed by atoms with Crippen LogP contribution in [0.15, 0.2) is 60.8 Å². The van der Waals surface area contributed by atoms with E-state index < -0.39 is 5.97 Å². The van der Waals surface area contributed by atoms with Crippen molar-refractivity contribution in [3.8, 4) is 22.8 Å². The fourth-order valence-corrected chi connectivity index (χ4v) is 3.92. The van der Waals surface area contributed by atoms with Crippen molar-refractivity contribution in [3.63, 3.8) is 0 Å². The van der Waals surface area contributed by atoms with Gasteiger partial charge < -0.3 is 19.5 Å². The Kier molecular flexibility index (Phi) is 6.88. The minimum Gasteiger partial charge on any atom is -0.496 e. The molecule has 33 heavy (non-hydrogen) atoms. The van der Waals surface area contributed by atoms with Gasteiger partial charge in [-0.25, -0.2) is 4.79 Å². The summed E-state index contributed by atoms with van der Waals surface area (Å²) >= 11 is 0. The van der Waals surface area contributed by atoms with E-state index in [2.05, 4.69) is 10.3 Å². The maximum Gasteiger partial charge on any atom is 0.339 e. The average molecular weight is 447 g/mol. The molecule has 1 aliphatic heterocycles. The number of nitrogens with one attached hydrogen (secondary N) is 1. The zero-order chi connectivity index (χ0) is 23.2. The molecule has 3 aromatic rings. The van der Waals surface area contributed by atoms with Gasteiger partial charge in [-0.3, -0.25) is 9.78 Å². The summed E-state index contributed by atoms with van der Waals surface area (Å²) in [6, 6.07) is 17.1. The molecule has 4 rings (SSSR count). The van der Waals surface area contributed by atoms with E-state index in [-0.39, 0.29) is 12.0 Å². The van der Waals surface area contributed by atoms with Crippen LogP contribution in [0.5, 0.6) is 11.5 Å². The predicted octanol–water partition coefficient (Wildman–Crippen LogP) is 3.60. The third-order valence-corrected chi connectivity index (χ3v) is 5.63. The summed E-state index contributed by atoms with van der Waals surface area (Å²) in [5.41, 5.74) is 4.04. The van der Waals surface area contributed by atoms with Crippen LogP contribution >= 0.6 is 0 Å². The lowest BCUT2D eigenvalue weighted by Gasteiger charge is -2.14. The molecule has 2 heterocycles. The van der Waals surface area contributed by atoms with Gasteiger partial charge >= 0.3 is 5.97 Å². The van der Waals surface area contributed by atoms with Gasteiger partial charge in [-0.15, -0.1) is 0 Å². The fourth-order valence-electron chi connectivity index (χ4n) is 3.92. The molecule has 170 valence electrons. The van der Waals surface area contributed by atoms with Crippen molar-refractivity contribution in [1.29, 1.82) is 0 Å². The van der Waals surface area contributed by atoms with Gasteiger partial charge in [-0.2, -0.15) is 0 Å². The van der Waals surface area contributed by atoms with Crippen molar-refractivity contribution < 1.29 is 23.8 Å². The molecular weight excluding hydrogens is 420 g/mol. The van der Waals surface area contributed by atoms with Crippen LogP contribution in [0.3, 0.4) is 0 Å². The van der Waals surface area contributed by atoms with Gasteiger partial charge in [0.05, 0.1) is 32.0 Å². The number of aryl methyl sites for hydroxylation is 1. The number of pyridine rings is 1. The Bertz CT molecular complexity index is 1140. The standard InChI is InChI=1S/C26H26N2O5/c1-31-23-9-4-3-6-17(23)11-13-24(29)28-16-20-14-18-7-5-8-21(25(18)33-20)22-12-10-19(15-27-22)26(30)32-2/h3-10,12,15,20H,11,13-14,16H2,1-2H3,(H,28,29)/t20-/m0/s1. The number of methoxy groups -OCH3 is 2. The number of hydrogen-bond donors (Lipinski definition) is 1. The van der Waals surface area contributed by atoms with Gasteiger partial charge in [-0.1, -0.05) is 30.3 Å². The summed E-state index contributed by atoms with van der Waals surface area (Å²) in [4.78, 5) is 28.4. The number of amides is 1. The van der Waals surface area contributed by atoms with Gasteiger partial charge in [0.25, 0.3) is 0 Å². The minimum absolute atomic E-state index is 0.0271.